The largest absolute Gasteiger partial charge is 0.453 e. The predicted octanol–water partition coefficient (Wildman–Crippen LogP) is 5.72. The quantitative estimate of drug-likeness (QED) is 0.519. The molecule has 4 aliphatic carbocycles. The number of carbonyl (C=O) groups is 2. The molecule has 210 valence electrons. The first kappa shape index (κ1) is 27.3. The number of hydrogen-bond donors (Lipinski definition) is 1. The highest BCUT2D eigenvalue weighted by Gasteiger charge is 2.61. The highest BCUT2D eigenvalue weighted by molar-refractivity contribution is 5.76. The second kappa shape index (κ2) is 10.0. The smallest absolute Gasteiger partial charge is 0.409 e. The molecule has 37 heavy (non-hydrogen) atoms. The van der Waals surface area contributed by atoms with E-state index in [4.69, 9.17) is 4.74 Å². The van der Waals surface area contributed by atoms with E-state index in [2.05, 4.69) is 27.7 Å². The van der Waals surface area contributed by atoms with E-state index in [9.17, 15) is 14.7 Å². The number of piperazine rings is 1. The Kier molecular flexibility index (Phi) is 7.39. The van der Waals surface area contributed by atoms with Gasteiger partial charge in [0, 0.05) is 32.6 Å². The maximum atomic E-state index is 13.0. The van der Waals surface area contributed by atoms with Crippen LogP contribution in [0.25, 0.3) is 0 Å². The molecule has 0 bridgehead atoms. The van der Waals surface area contributed by atoms with Crippen molar-refractivity contribution in [2.75, 3.05) is 33.3 Å². The van der Waals surface area contributed by atoms with E-state index in [1.165, 1.54) is 52.1 Å². The molecule has 5 aliphatic rings. The lowest BCUT2D eigenvalue weighted by atomic mass is 9.43. The lowest BCUT2D eigenvalue weighted by Gasteiger charge is -2.62. The molecule has 1 aliphatic heterocycles. The van der Waals surface area contributed by atoms with E-state index in [0.29, 0.717) is 55.3 Å². The zero-order valence-electron chi connectivity index (χ0n) is 24.1. The van der Waals surface area contributed by atoms with Gasteiger partial charge < -0.3 is 19.6 Å². The third kappa shape index (κ3) is 4.82. The van der Waals surface area contributed by atoms with Crippen LogP contribution in [0.5, 0.6) is 0 Å². The lowest BCUT2D eigenvalue weighted by Crippen LogP contribution is -2.55. The van der Waals surface area contributed by atoms with Gasteiger partial charge in [0.25, 0.3) is 0 Å². The molecule has 1 heterocycles. The summed E-state index contributed by atoms with van der Waals surface area (Å²) in [5.41, 5.74) is 0.375. The van der Waals surface area contributed by atoms with Gasteiger partial charge in [-0.25, -0.2) is 4.79 Å². The summed E-state index contributed by atoms with van der Waals surface area (Å²) in [5.74, 6) is 4.76. The molecule has 0 aromatic rings. The molecule has 0 aromatic heterocycles. The maximum Gasteiger partial charge on any atom is 0.409 e. The normalized spacial score (nSPS) is 44.4. The van der Waals surface area contributed by atoms with Crippen molar-refractivity contribution in [3.05, 3.63) is 0 Å². The summed E-state index contributed by atoms with van der Waals surface area (Å²) in [6, 6.07) is 0. The minimum absolute atomic E-state index is 0.249. The van der Waals surface area contributed by atoms with Crippen molar-refractivity contribution in [1.82, 2.24) is 9.80 Å². The van der Waals surface area contributed by atoms with E-state index >= 15 is 0 Å². The number of ether oxygens (including phenoxy) is 1. The second-order valence-corrected chi connectivity index (χ2v) is 14.4. The Balaban J connectivity index is 1.17. The molecular formula is C31H52N2O4. The van der Waals surface area contributed by atoms with Crippen molar-refractivity contribution in [2.45, 2.75) is 104 Å². The zero-order valence-corrected chi connectivity index (χ0v) is 24.1. The van der Waals surface area contributed by atoms with Gasteiger partial charge in [-0.3, -0.25) is 4.79 Å². The summed E-state index contributed by atoms with van der Waals surface area (Å²) >= 11 is 0. The topological polar surface area (TPSA) is 70.1 Å². The van der Waals surface area contributed by atoms with Gasteiger partial charge in [-0.1, -0.05) is 20.8 Å². The summed E-state index contributed by atoms with van der Waals surface area (Å²) in [6.45, 7) is 12.0. The van der Waals surface area contributed by atoms with Crippen LogP contribution in [0.1, 0.15) is 98.3 Å². The standard InChI is InChI=1S/C31H52N2O4/c1-21(6-11-27(34)32-16-18-33(19-17-32)28(35)37-5)24-9-10-25-23-8-7-22-20-29(2,36)14-15-30(22,3)26(23)12-13-31(24,25)4/h21-26,36H,6-20H2,1-5H3/t21?,22-,23-,24+,25-,26-,29-,30-,31+/m0/s1. The Morgan fingerprint density at radius 2 is 1.57 bits per heavy atom. The minimum Gasteiger partial charge on any atom is -0.453 e. The van der Waals surface area contributed by atoms with Gasteiger partial charge >= 0.3 is 6.09 Å². The van der Waals surface area contributed by atoms with Crippen LogP contribution in [0.3, 0.4) is 0 Å². The molecule has 4 saturated carbocycles. The molecule has 1 N–H and O–H groups in total. The maximum absolute atomic E-state index is 13.0. The highest BCUT2D eigenvalue weighted by atomic mass is 16.5. The first-order valence-corrected chi connectivity index (χ1v) is 15.3. The molecular weight excluding hydrogens is 464 g/mol. The average molecular weight is 517 g/mol. The molecule has 6 nitrogen and oxygen atoms in total. The molecule has 1 saturated heterocycles. The number of aliphatic hydroxyl groups is 1. The fraction of sp³-hybridized carbons (Fsp3) is 0.935. The first-order valence-electron chi connectivity index (χ1n) is 15.3. The summed E-state index contributed by atoms with van der Waals surface area (Å²) in [7, 11) is 1.41. The third-order valence-electron chi connectivity index (χ3n) is 12.6. The van der Waals surface area contributed by atoms with Gasteiger partial charge in [0.05, 0.1) is 12.7 Å². The predicted molar refractivity (Wildman–Crippen MR) is 145 cm³/mol. The van der Waals surface area contributed by atoms with Crippen LogP contribution < -0.4 is 0 Å². The highest BCUT2D eigenvalue weighted by Crippen LogP contribution is 2.68. The molecule has 9 atom stereocenters. The van der Waals surface area contributed by atoms with E-state index in [0.717, 1.165) is 42.9 Å². The molecule has 0 spiro atoms. The van der Waals surface area contributed by atoms with E-state index in [1.807, 2.05) is 4.90 Å². The average Bonchev–Trinajstić information content (AvgIpc) is 3.24. The first-order chi connectivity index (χ1) is 17.5. The molecule has 1 unspecified atom stereocenters. The molecule has 5 rings (SSSR count). The monoisotopic (exact) mass is 516 g/mol. The molecule has 5 fully saturated rings. The van der Waals surface area contributed by atoms with Gasteiger partial charge in [0.2, 0.25) is 5.91 Å². The van der Waals surface area contributed by atoms with Crippen molar-refractivity contribution in [2.24, 2.45) is 46.3 Å². The number of amides is 2. The Bertz CT molecular complexity index is 867. The minimum atomic E-state index is -0.458. The zero-order chi connectivity index (χ0) is 26.6. The molecule has 2 amide bonds. The number of methoxy groups -OCH3 is 1. The van der Waals surface area contributed by atoms with Crippen LogP contribution in [0.4, 0.5) is 4.79 Å². The van der Waals surface area contributed by atoms with E-state index < -0.39 is 5.60 Å². The van der Waals surface area contributed by atoms with Crippen molar-refractivity contribution >= 4 is 12.0 Å². The van der Waals surface area contributed by atoms with Crippen molar-refractivity contribution < 1.29 is 19.4 Å². The van der Waals surface area contributed by atoms with Gasteiger partial charge in [0.15, 0.2) is 0 Å². The van der Waals surface area contributed by atoms with Crippen LogP contribution in [0.15, 0.2) is 0 Å². The number of nitrogens with zero attached hydrogens (tertiary/aromatic N) is 2. The summed E-state index contributed by atoms with van der Waals surface area (Å²) in [4.78, 5) is 28.4. The van der Waals surface area contributed by atoms with Crippen LogP contribution >= 0.6 is 0 Å². The Morgan fingerprint density at radius 3 is 2.27 bits per heavy atom. The van der Waals surface area contributed by atoms with Crippen molar-refractivity contribution in [3.8, 4) is 0 Å². The number of fused-ring (bicyclic) bond motifs is 5. The van der Waals surface area contributed by atoms with Crippen molar-refractivity contribution in [3.63, 3.8) is 0 Å². The van der Waals surface area contributed by atoms with Gasteiger partial charge in [-0.2, -0.15) is 0 Å². The Labute approximate surface area is 224 Å². The molecule has 0 aromatic carbocycles. The molecule has 6 heteroatoms. The Hall–Kier alpha value is -1.30. The summed E-state index contributed by atoms with van der Waals surface area (Å²) in [6.07, 6.45) is 12.5. The number of carbonyl (C=O) groups excluding carboxylic acids is 2. The van der Waals surface area contributed by atoms with Crippen LogP contribution in [0.2, 0.25) is 0 Å². The SMILES string of the molecule is COC(=O)N1CCN(C(=O)CCC(C)[C@H]2CC[C@H]3[C@@H]4CC[C@H]5C[C@@](C)(O)CC[C@]5(C)[C@H]4CC[C@]23C)CC1. The van der Waals surface area contributed by atoms with E-state index in [-0.39, 0.29) is 12.0 Å². The van der Waals surface area contributed by atoms with Crippen molar-refractivity contribution in [1.29, 1.82) is 0 Å². The second-order valence-electron chi connectivity index (χ2n) is 14.4. The Morgan fingerprint density at radius 1 is 0.892 bits per heavy atom. The van der Waals surface area contributed by atoms with Gasteiger partial charge in [0.1, 0.15) is 0 Å². The van der Waals surface area contributed by atoms with Gasteiger partial charge in [-0.05, 0) is 117 Å². The van der Waals surface area contributed by atoms with Crippen LogP contribution in [-0.4, -0.2) is 65.8 Å². The number of rotatable bonds is 4. The van der Waals surface area contributed by atoms with E-state index in [1.54, 1.807) is 4.90 Å². The number of hydrogen-bond acceptors (Lipinski definition) is 4. The third-order valence-corrected chi connectivity index (χ3v) is 12.6. The summed E-state index contributed by atoms with van der Waals surface area (Å²) < 4.78 is 4.82. The molecule has 0 radical (unpaired) electrons. The fourth-order valence-corrected chi connectivity index (χ4v) is 10.4. The fourth-order valence-electron chi connectivity index (χ4n) is 10.4. The summed E-state index contributed by atoms with van der Waals surface area (Å²) in [5, 5.41) is 10.8. The van der Waals surface area contributed by atoms with Crippen LogP contribution in [0, 0.1) is 46.3 Å². The van der Waals surface area contributed by atoms with Gasteiger partial charge in [-0.15, -0.1) is 0 Å². The lowest BCUT2D eigenvalue weighted by molar-refractivity contribution is -0.148. The van der Waals surface area contributed by atoms with Crippen LogP contribution in [-0.2, 0) is 9.53 Å².